The smallest absolute Gasteiger partial charge is 0.251 e. The monoisotopic (exact) mass is 342 g/mol. The summed E-state index contributed by atoms with van der Waals surface area (Å²) in [5, 5.41) is 3.10. The van der Waals surface area contributed by atoms with Crippen molar-refractivity contribution in [1.82, 2.24) is 5.32 Å². The number of nitrogens with two attached hydrogens (primary N) is 1. The van der Waals surface area contributed by atoms with E-state index in [4.69, 9.17) is 10.5 Å². The van der Waals surface area contributed by atoms with Gasteiger partial charge in [-0.1, -0.05) is 24.6 Å². The molecule has 2 aromatic carbocycles. The third-order valence-electron chi connectivity index (χ3n) is 4.67. The van der Waals surface area contributed by atoms with Gasteiger partial charge in [-0.3, -0.25) is 4.79 Å². The second kappa shape index (κ2) is 8.12. The molecule has 0 aromatic heterocycles. The highest BCUT2D eigenvalue weighted by atomic mass is 19.1. The number of carbonyl (C=O) groups excluding carboxylic acids is 1. The highest BCUT2D eigenvalue weighted by molar-refractivity contribution is 5.94. The summed E-state index contributed by atoms with van der Waals surface area (Å²) in [7, 11) is 0. The summed E-state index contributed by atoms with van der Waals surface area (Å²) in [5.41, 5.74) is 7.23. The summed E-state index contributed by atoms with van der Waals surface area (Å²) in [5.74, 6) is 0.407. The molecular formula is C20H23FN2O2. The molecule has 3 N–H and O–H groups in total. The molecule has 1 aliphatic carbocycles. The Bertz CT molecular complexity index is 735. The Kier molecular flexibility index (Phi) is 5.66. The van der Waals surface area contributed by atoms with Gasteiger partial charge in [0, 0.05) is 17.7 Å². The summed E-state index contributed by atoms with van der Waals surface area (Å²) >= 11 is 0. The van der Waals surface area contributed by atoms with Gasteiger partial charge in [0.2, 0.25) is 0 Å². The van der Waals surface area contributed by atoms with Crippen LogP contribution in [-0.4, -0.2) is 18.5 Å². The topological polar surface area (TPSA) is 64.3 Å². The predicted molar refractivity (Wildman–Crippen MR) is 94.8 cm³/mol. The van der Waals surface area contributed by atoms with Crippen LogP contribution in [0.4, 0.5) is 4.39 Å². The van der Waals surface area contributed by atoms with E-state index >= 15 is 0 Å². The van der Waals surface area contributed by atoms with Gasteiger partial charge in [-0.15, -0.1) is 0 Å². The zero-order valence-electron chi connectivity index (χ0n) is 14.1. The van der Waals surface area contributed by atoms with Crippen molar-refractivity contribution < 1.29 is 13.9 Å². The molecule has 132 valence electrons. The van der Waals surface area contributed by atoms with Crippen LogP contribution in [0.15, 0.2) is 48.5 Å². The molecule has 2 aromatic rings. The van der Waals surface area contributed by atoms with Gasteiger partial charge in [0.15, 0.2) is 0 Å². The molecular weight excluding hydrogens is 319 g/mol. The van der Waals surface area contributed by atoms with E-state index in [9.17, 15) is 9.18 Å². The molecule has 1 aliphatic rings. The zero-order chi connectivity index (χ0) is 17.6. The average molecular weight is 342 g/mol. The Morgan fingerprint density at radius 3 is 2.84 bits per heavy atom. The van der Waals surface area contributed by atoms with Crippen molar-refractivity contribution in [3.8, 4) is 5.75 Å². The molecule has 0 bridgehead atoms. The Morgan fingerprint density at radius 1 is 1.20 bits per heavy atom. The fraction of sp³-hybridized carbons (Fsp3) is 0.350. The largest absolute Gasteiger partial charge is 0.489 e. The summed E-state index contributed by atoms with van der Waals surface area (Å²) in [6.45, 7) is 0.881. The second-order valence-corrected chi connectivity index (χ2v) is 6.45. The van der Waals surface area contributed by atoms with E-state index in [-0.39, 0.29) is 24.4 Å². The summed E-state index contributed by atoms with van der Waals surface area (Å²) < 4.78 is 18.8. The number of rotatable bonds is 6. The lowest BCUT2D eigenvalue weighted by Crippen LogP contribution is -2.39. The van der Waals surface area contributed by atoms with Crippen molar-refractivity contribution in [3.63, 3.8) is 0 Å². The normalized spacial score (nSPS) is 19.6. The summed E-state index contributed by atoms with van der Waals surface area (Å²) in [6, 6.07) is 13.5. The van der Waals surface area contributed by atoms with E-state index in [1.807, 2.05) is 12.1 Å². The number of ether oxygens (including phenoxy) is 1. The minimum Gasteiger partial charge on any atom is -0.489 e. The maximum absolute atomic E-state index is 13.2. The Hall–Kier alpha value is -2.40. The fourth-order valence-corrected chi connectivity index (χ4v) is 3.29. The Labute approximate surface area is 147 Å². The summed E-state index contributed by atoms with van der Waals surface area (Å²) in [4.78, 5) is 12.5. The van der Waals surface area contributed by atoms with Gasteiger partial charge in [0.1, 0.15) is 18.2 Å². The lowest BCUT2D eigenvalue weighted by molar-refractivity contribution is 0.0928. The van der Waals surface area contributed by atoms with Gasteiger partial charge in [-0.05, 0) is 55.1 Å². The van der Waals surface area contributed by atoms with E-state index in [1.165, 1.54) is 12.1 Å². The van der Waals surface area contributed by atoms with Gasteiger partial charge in [0.25, 0.3) is 5.91 Å². The van der Waals surface area contributed by atoms with Gasteiger partial charge < -0.3 is 15.8 Å². The molecule has 0 heterocycles. The summed E-state index contributed by atoms with van der Waals surface area (Å²) in [6.07, 6.45) is 3.16. The molecule has 3 rings (SSSR count). The quantitative estimate of drug-likeness (QED) is 0.847. The Morgan fingerprint density at radius 2 is 2.04 bits per heavy atom. The van der Waals surface area contributed by atoms with Crippen LogP contribution < -0.4 is 15.8 Å². The molecule has 0 radical (unpaired) electrons. The Balaban J connectivity index is 1.61. The fourth-order valence-electron chi connectivity index (χ4n) is 3.29. The van der Waals surface area contributed by atoms with Gasteiger partial charge in [0.05, 0.1) is 0 Å². The number of amides is 1. The van der Waals surface area contributed by atoms with Crippen LogP contribution in [0.25, 0.3) is 0 Å². The third-order valence-corrected chi connectivity index (χ3v) is 4.67. The number of carbonyl (C=O) groups is 1. The van der Waals surface area contributed by atoms with Gasteiger partial charge in [-0.2, -0.15) is 0 Å². The first kappa shape index (κ1) is 17.4. The third kappa shape index (κ3) is 4.57. The van der Waals surface area contributed by atoms with Crippen LogP contribution in [0.2, 0.25) is 0 Å². The van der Waals surface area contributed by atoms with E-state index in [1.54, 1.807) is 24.3 Å². The van der Waals surface area contributed by atoms with Crippen LogP contribution in [-0.2, 0) is 6.61 Å². The van der Waals surface area contributed by atoms with E-state index in [2.05, 4.69) is 5.32 Å². The average Bonchev–Trinajstić information content (AvgIpc) is 3.07. The SMILES string of the molecule is NCC1CCCC1NC(=O)c1cccc(COc2cccc(F)c2)c1. The minimum atomic E-state index is -0.336. The first-order valence-corrected chi connectivity index (χ1v) is 8.64. The molecule has 4 nitrogen and oxygen atoms in total. The van der Waals surface area contributed by atoms with E-state index in [0.717, 1.165) is 24.8 Å². The first-order chi connectivity index (χ1) is 12.2. The van der Waals surface area contributed by atoms with Crippen LogP contribution in [0.1, 0.15) is 35.2 Å². The lowest BCUT2D eigenvalue weighted by atomic mass is 10.0. The van der Waals surface area contributed by atoms with E-state index < -0.39 is 0 Å². The highest BCUT2D eigenvalue weighted by Crippen LogP contribution is 2.25. The number of nitrogens with one attached hydrogen (secondary N) is 1. The van der Waals surface area contributed by atoms with Crippen molar-refractivity contribution in [2.45, 2.75) is 31.9 Å². The number of hydrogen-bond acceptors (Lipinski definition) is 3. The molecule has 25 heavy (non-hydrogen) atoms. The lowest BCUT2D eigenvalue weighted by Gasteiger charge is -2.19. The van der Waals surface area contributed by atoms with Crippen LogP contribution >= 0.6 is 0 Å². The number of halogens is 1. The van der Waals surface area contributed by atoms with Crippen LogP contribution in [0, 0.1) is 11.7 Å². The molecule has 5 heteroatoms. The number of hydrogen-bond donors (Lipinski definition) is 2. The molecule has 1 saturated carbocycles. The van der Waals surface area contributed by atoms with Crippen molar-refractivity contribution >= 4 is 5.91 Å². The predicted octanol–water partition coefficient (Wildman–Crippen LogP) is 3.26. The molecule has 1 amide bonds. The van der Waals surface area contributed by atoms with Crippen molar-refractivity contribution in [3.05, 3.63) is 65.5 Å². The van der Waals surface area contributed by atoms with Crippen molar-refractivity contribution in [2.75, 3.05) is 6.54 Å². The number of benzene rings is 2. The van der Waals surface area contributed by atoms with Crippen LogP contribution in [0.3, 0.4) is 0 Å². The molecule has 0 aliphatic heterocycles. The molecule has 1 fully saturated rings. The van der Waals surface area contributed by atoms with E-state index in [0.29, 0.717) is 23.8 Å². The second-order valence-electron chi connectivity index (χ2n) is 6.45. The van der Waals surface area contributed by atoms with Crippen molar-refractivity contribution in [1.29, 1.82) is 0 Å². The van der Waals surface area contributed by atoms with Gasteiger partial charge >= 0.3 is 0 Å². The van der Waals surface area contributed by atoms with Crippen molar-refractivity contribution in [2.24, 2.45) is 11.7 Å². The molecule has 0 spiro atoms. The maximum atomic E-state index is 13.2. The highest BCUT2D eigenvalue weighted by Gasteiger charge is 2.27. The minimum absolute atomic E-state index is 0.0852. The maximum Gasteiger partial charge on any atom is 0.251 e. The van der Waals surface area contributed by atoms with Gasteiger partial charge in [-0.25, -0.2) is 4.39 Å². The molecule has 0 saturated heterocycles. The standard InChI is InChI=1S/C20H23FN2O2/c21-17-7-3-8-18(11-17)25-13-14-4-1-5-15(10-14)20(24)23-19-9-2-6-16(19)12-22/h1,3-5,7-8,10-11,16,19H,2,6,9,12-13,22H2,(H,23,24). The molecule has 2 unspecified atom stereocenters. The van der Waals surface area contributed by atoms with Crippen LogP contribution in [0.5, 0.6) is 5.75 Å². The zero-order valence-corrected chi connectivity index (χ0v) is 14.1. The first-order valence-electron chi connectivity index (χ1n) is 8.64. The molecule has 2 atom stereocenters.